The number of ketones is 1. The van der Waals surface area contributed by atoms with E-state index in [1.165, 1.54) is 13.3 Å². The molecule has 1 N–H and O–H groups in total. The van der Waals surface area contributed by atoms with Crippen molar-refractivity contribution in [2.24, 2.45) is 0 Å². The number of nitrogens with one attached hydrogen (secondary N) is 1. The van der Waals surface area contributed by atoms with E-state index < -0.39 is 0 Å². The van der Waals surface area contributed by atoms with Crippen molar-refractivity contribution in [1.82, 2.24) is 4.98 Å². The molecule has 0 amide bonds. The average molecular weight is 293 g/mol. The molecule has 110 valence electrons. The molecule has 22 heavy (non-hydrogen) atoms. The molecule has 4 heteroatoms. The highest BCUT2D eigenvalue weighted by Gasteiger charge is 2.15. The Balaban J connectivity index is 2.14. The van der Waals surface area contributed by atoms with Crippen LogP contribution in [0.4, 0.5) is 0 Å². The van der Waals surface area contributed by atoms with E-state index >= 15 is 0 Å². The van der Waals surface area contributed by atoms with Gasteiger partial charge in [0.2, 0.25) is 5.43 Å². The van der Waals surface area contributed by atoms with Crippen LogP contribution in [0.25, 0.3) is 10.9 Å². The Kier molecular flexibility index (Phi) is 3.51. The molecule has 0 unspecified atom stereocenters. The van der Waals surface area contributed by atoms with Crippen molar-refractivity contribution >= 4 is 16.7 Å². The number of methoxy groups -OCH3 is 1. The molecule has 0 bridgehead atoms. The van der Waals surface area contributed by atoms with Gasteiger partial charge in [0.15, 0.2) is 5.78 Å². The summed E-state index contributed by atoms with van der Waals surface area (Å²) in [6, 6.07) is 12.3. The average Bonchev–Trinajstić information content (AvgIpc) is 2.55. The predicted molar refractivity (Wildman–Crippen MR) is 85.7 cm³/mol. The second-order valence-corrected chi connectivity index (χ2v) is 5.14. The third-order valence-electron chi connectivity index (χ3n) is 3.65. The molecule has 4 nitrogen and oxygen atoms in total. The number of fused-ring (bicyclic) bond motifs is 1. The fourth-order valence-corrected chi connectivity index (χ4v) is 2.35. The van der Waals surface area contributed by atoms with Gasteiger partial charge in [-0.05, 0) is 25.1 Å². The minimum Gasteiger partial charge on any atom is -0.497 e. The van der Waals surface area contributed by atoms with Crippen LogP contribution in [-0.2, 0) is 0 Å². The van der Waals surface area contributed by atoms with Crippen molar-refractivity contribution in [3.63, 3.8) is 0 Å². The number of hydrogen-bond acceptors (Lipinski definition) is 3. The van der Waals surface area contributed by atoms with E-state index in [1.807, 2.05) is 19.1 Å². The Morgan fingerprint density at radius 1 is 1.09 bits per heavy atom. The first-order valence-corrected chi connectivity index (χ1v) is 6.91. The minimum atomic E-state index is -0.293. The SMILES string of the molecule is COc1ccc2[nH]cc(C(=O)c3ccc(C)cc3)c(=O)c2c1. The summed E-state index contributed by atoms with van der Waals surface area (Å²) >= 11 is 0. The molecule has 2 aromatic carbocycles. The second kappa shape index (κ2) is 5.48. The second-order valence-electron chi connectivity index (χ2n) is 5.14. The number of carbonyl (C=O) groups is 1. The standard InChI is InChI=1S/C18H15NO3/c1-11-3-5-12(6-4-11)17(20)15-10-19-16-8-7-13(22-2)9-14(16)18(15)21/h3-10H,1-2H3,(H,19,21). The molecule has 0 atom stereocenters. The van der Waals surface area contributed by atoms with Crippen molar-refractivity contribution in [3.8, 4) is 5.75 Å². The maximum atomic E-state index is 12.6. The lowest BCUT2D eigenvalue weighted by Gasteiger charge is -2.05. The monoisotopic (exact) mass is 293 g/mol. The Bertz CT molecular complexity index is 908. The molecular weight excluding hydrogens is 278 g/mol. The number of hydrogen-bond donors (Lipinski definition) is 1. The van der Waals surface area contributed by atoms with E-state index in [0.717, 1.165) is 5.56 Å². The Labute approximate surface area is 127 Å². The first-order valence-electron chi connectivity index (χ1n) is 6.91. The largest absolute Gasteiger partial charge is 0.497 e. The van der Waals surface area contributed by atoms with Gasteiger partial charge in [-0.3, -0.25) is 9.59 Å². The number of ether oxygens (including phenoxy) is 1. The predicted octanol–water partition coefficient (Wildman–Crippen LogP) is 3.08. The number of carbonyl (C=O) groups excluding carboxylic acids is 1. The van der Waals surface area contributed by atoms with E-state index in [-0.39, 0.29) is 16.8 Å². The quantitative estimate of drug-likeness (QED) is 0.755. The summed E-state index contributed by atoms with van der Waals surface area (Å²) < 4.78 is 5.14. The van der Waals surface area contributed by atoms with Crippen LogP contribution in [0.2, 0.25) is 0 Å². The molecule has 0 saturated heterocycles. The maximum absolute atomic E-state index is 12.6. The molecule has 1 aromatic heterocycles. The van der Waals surface area contributed by atoms with Crippen LogP contribution in [-0.4, -0.2) is 17.9 Å². The Hall–Kier alpha value is -2.88. The summed E-state index contributed by atoms with van der Waals surface area (Å²) in [5.74, 6) is 0.295. The summed E-state index contributed by atoms with van der Waals surface area (Å²) in [5, 5.41) is 0.442. The lowest BCUT2D eigenvalue weighted by molar-refractivity contribution is 0.103. The van der Waals surface area contributed by atoms with Gasteiger partial charge < -0.3 is 9.72 Å². The van der Waals surface area contributed by atoms with Gasteiger partial charge in [0, 0.05) is 22.7 Å². The summed E-state index contributed by atoms with van der Waals surface area (Å²) in [6.07, 6.45) is 1.47. The molecular formula is C18H15NO3. The van der Waals surface area contributed by atoms with Gasteiger partial charge >= 0.3 is 0 Å². The third kappa shape index (κ3) is 2.39. The van der Waals surface area contributed by atoms with E-state index in [4.69, 9.17) is 4.74 Å². The fraction of sp³-hybridized carbons (Fsp3) is 0.111. The number of aryl methyl sites for hydroxylation is 1. The number of aromatic nitrogens is 1. The van der Waals surface area contributed by atoms with E-state index in [9.17, 15) is 9.59 Å². The third-order valence-corrected chi connectivity index (χ3v) is 3.65. The van der Waals surface area contributed by atoms with Crippen LogP contribution >= 0.6 is 0 Å². The summed E-state index contributed by atoms with van der Waals surface area (Å²) in [5.41, 5.74) is 2.07. The smallest absolute Gasteiger partial charge is 0.200 e. The van der Waals surface area contributed by atoms with Crippen molar-refractivity contribution in [2.45, 2.75) is 6.92 Å². The van der Waals surface area contributed by atoms with E-state index in [2.05, 4.69) is 4.98 Å². The molecule has 0 aliphatic heterocycles. The molecule has 3 rings (SSSR count). The molecule has 0 aliphatic carbocycles. The fourth-order valence-electron chi connectivity index (χ4n) is 2.35. The zero-order valence-corrected chi connectivity index (χ0v) is 12.3. The lowest BCUT2D eigenvalue weighted by Crippen LogP contribution is -2.16. The number of aromatic amines is 1. The number of H-pyrrole nitrogens is 1. The van der Waals surface area contributed by atoms with Crippen molar-refractivity contribution in [3.05, 3.63) is 75.6 Å². The summed E-state index contributed by atoms with van der Waals surface area (Å²) in [6.45, 7) is 1.95. The van der Waals surface area contributed by atoms with Gasteiger partial charge in [0.05, 0.1) is 12.7 Å². The Morgan fingerprint density at radius 2 is 1.82 bits per heavy atom. The zero-order valence-electron chi connectivity index (χ0n) is 12.3. The number of pyridine rings is 1. The molecule has 0 spiro atoms. The molecule has 1 heterocycles. The van der Waals surface area contributed by atoms with Gasteiger partial charge in [-0.25, -0.2) is 0 Å². The summed E-state index contributed by atoms with van der Waals surface area (Å²) in [7, 11) is 1.54. The molecule has 0 aliphatic rings. The zero-order chi connectivity index (χ0) is 15.7. The van der Waals surface area contributed by atoms with Crippen molar-refractivity contribution in [1.29, 1.82) is 0 Å². The molecule has 0 saturated carbocycles. The van der Waals surface area contributed by atoms with E-state index in [1.54, 1.807) is 30.3 Å². The summed E-state index contributed by atoms with van der Waals surface area (Å²) in [4.78, 5) is 28.1. The van der Waals surface area contributed by atoms with Gasteiger partial charge in [0.1, 0.15) is 5.75 Å². The Morgan fingerprint density at radius 3 is 2.50 bits per heavy atom. The van der Waals surface area contributed by atoms with Gasteiger partial charge in [-0.2, -0.15) is 0 Å². The first-order chi connectivity index (χ1) is 10.6. The van der Waals surface area contributed by atoms with Gasteiger partial charge in [-0.15, -0.1) is 0 Å². The molecule has 0 radical (unpaired) electrons. The van der Waals surface area contributed by atoms with E-state index in [0.29, 0.717) is 22.2 Å². The van der Waals surface area contributed by atoms with Crippen molar-refractivity contribution in [2.75, 3.05) is 7.11 Å². The minimum absolute atomic E-state index is 0.129. The maximum Gasteiger partial charge on any atom is 0.200 e. The van der Waals surface area contributed by atoms with Crippen LogP contribution in [0.1, 0.15) is 21.5 Å². The first kappa shape index (κ1) is 14.1. The topological polar surface area (TPSA) is 59.2 Å². The number of rotatable bonds is 3. The molecule has 3 aromatic rings. The highest BCUT2D eigenvalue weighted by Crippen LogP contribution is 2.17. The van der Waals surface area contributed by atoms with Crippen molar-refractivity contribution < 1.29 is 9.53 Å². The molecule has 0 fully saturated rings. The lowest BCUT2D eigenvalue weighted by atomic mass is 10.0. The highest BCUT2D eigenvalue weighted by molar-refractivity contribution is 6.10. The normalized spacial score (nSPS) is 10.6. The highest BCUT2D eigenvalue weighted by atomic mass is 16.5. The van der Waals surface area contributed by atoms with Gasteiger partial charge in [-0.1, -0.05) is 29.8 Å². The van der Waals surface area contributed by atoms with Crippen LogP contribution in [0, 0.1) is 6.92 Å². The van der Waals surface area contributed by atoms with Crippen LogP contribution in [0.5, 0.6) is 5.75 Å². The number of benzene rings is 2. The van der Waals surface area contributed by atoms with Crippen LogP contribution in [0.3, 0.4) is 0 Å². The van der Waals surface area contributed by atoms with Crippen LogP contribution in [0.15, 0.2) is 53.5 Å². The van der Waals surface area contributed by atoms with Crippen LogP contribution < -0.4 is 10.2 Å². The van der Waals surface area contributed by atoms with Gasteiger partial charge in [0.25, 0.3) is 0 Å².